The molecule has 0 atom stereocenters. The Morgan fingerprint density at radius 3 is 3.00 bits per heavy atom. The molecule has 0 amide bonds. The normalized spacial score (nSPS) is 17.4. The van der Waals surface area contributed by atoms with Crippen LogP contribution in [0.2, 0.25) is 0 Å². The molecule has 0 aromatic heterocycles. The second-order valence-corrected chi connectivity index (χ2v) is 1.39. The van der Waals surface area contributed by atoms with Gasteiger partial charge in [0, 0.05) is 6.08 Å². The van der Waals surface area contributed by atoms with Crippen molar-refractivity contribution in [3.05, 3.63) is 12.0 Å². The average molecular weight is 130 g/mol. The van der Waals surface area contributed by atoms with Gasteiger partial charge in [-0.3, -0.25) is 0 Å². The molecule has 4 nitrogen and oxygen atoms in total. The van der Waals surface area contributed by atoms with Crippen LogP contribution in [0.1, 0.15) is 0 Å². The smallest absolute Gasteiger partial charge is 0.468 e. The van der Waals surface area contributed by atoms with Gasteiger partial charge < -0.3 is 14.2 Å². The Bertz CT molecular complexity index is 149. The standard InChI is InChI=1S/C5H6O4/c1-7-4-2-3-8-5(6)9-4/h2H,3H2,1H3. The van der Waals surface area contributed by atoms with E-state index >= 15 is 0 Å². The topological polar surface area (TPSA) is 44.8 Å². The predicted molar refractivity (Wildman–Crippen MR) is 27.5 cm³/mol. The monoisotopic (exact) mass is 130 g/mol. The van der Waals surface area contributed by atoms with Gasteiger partial charge >= 0.3 is 6.16 Å². The van der Waals surface area contributed by atoms with Gasteiger partial charge in [-0.15, -0.1) is 0 Å². The number of methoxy groups -OCH3 is 1. The summed E-state index contributed by atoms with van der Waals surface area (Å²) in [5, 5.41) is 0. The van der Waals surface area contributed by atoms with Crippen LogP contribution in [0, 0.1) is 0 Å². The van der Waals surface area contributed by atoms with E-state index in [1.165, 1.54) is 13.2 Å². The zero-order valence-electron chi connectivity index (χ0n) is 4.92. The summed E-state index contributed by atoms with van der Waals surface area (Å²) in [5.41, 5.74) is 0. The molecule has 1 rings (SSSR count). The molecule has 50 valence electrons. The Morgan fingerprint density at radius 1 is 1.78 bits per heavy atom. The van der Waals surface area contributed by atoms with E-state index in [4.69, 9.17) is 0 Å². The Labute approximate surface area is 52.0 Å². The molecule has 0 N–H and O–H groups in total. The molecule has 0 fully saturated rings. The molecule has 0 aliphatic carbocycles. The molecular formula is C5H6O4. The van der Waals surface area contributed by atoms with Gasteiger partial charge in [0.1, 0.15) is 6.61 Å². The molecule has 0 saturated carbocycles. The highest BCUT2D eigenvalue weighted by Crippen LogP contribution is 2.05. The molecule has 0 bridgehead atoms. The third kappa shape index (κ3) is 1.35. The van der Waals surface area contributed by atoms with Crippen LogP contribution in [-0.2, 0) is 14.2 Å². The number of hydrogen-bond acceptors (Lipinski definition) is 4. The number of hydrogen-bond donors (Lipinski definition) is 0. The van der Waals surface area contributed by atoms with Gasteiger partial charge in [-0.05, 0) is 0 Å². The lowest BCUT2D eigenvalue weighted by Crippen LogP contribution is -2.13. The van der Waals surface area contributed by atoms with E-state index < -0.39 is 6.16 Å². The third-order valence-electron chi connectivity index (χ3n) is 0.836. The second kappa shape index (κ2) is 2.39. The minimum Gasteiger partial charge on any atom is -0.468 e. The summed E-state index contributed by atoms with van der Waals surface area (Å²) in [5.74, 6) is 0.200. The van der Waals surface area contributed by atoms with Crippen LogP contribution in [-0.4, -0.2) is 19.9 Å². The van der Waals surface area contributed by atoms with E-state index in [-0.39, 0.29) is 12.6 Å². The quantitative estimate of drug-likeness (QED) is 0.488. The maximum atomic E-state index is 10.3. The number of cyclic esters (lactones) is 2. The molecule has 0 unspecified atom stereocenters. The van der Waals surface area contributed by atoms with Gasteiger partial charge in [0.25, 0.3) is 5.95 Å². The SMILES string of the molecule is COC1=CCOC(=O)O1. The Kier molecular flexibility index (Phi) is 1.58. The number of ether oxygens (including phenoxy) is 3. The molecular weight excluding hydrogens is 124 g/mol. The van der Waals surface area contributed by atoms with Gasteiger partial charge in [0.2, 0.25) is 0 Å². The highest BCUT2D eigenvalue weighted by Gasteiger charge is 2.12. The number of carbonyl (C=O) groups is 1. The molecule has 0 spiro atoms. The van der Waals surface area contributed by atoms with Crippen molar-refractivity contribution < 1.29 is 19.0 Å². The minimum atomic E-state index is -0.714. The number of rotatable bonds is 1. The van der Waals surface area contributed by atoms with Crippen molar-refractivity contribution in [3.63, 3.8) is 0 Å². The van der Waals surface area contributed by atoms with E-state index in [1.54, 1.807) is 0 Å². The fourth-order valence-electron chi connectivity index (χ4n) is 0.456. The van der Waals surface area contributed by atoms with Crippen molar-refractivity contribution in [2.45, 2.75) is 0 Å². The molecule has 9 heavy (non-hydrogen) atoms. The van der Waals surface area contributed by atoms with Crippen molar-refractivity contribution in [1.29, 1.82) is 0 Å². The molecule has 0 radical (unpaired) electrons. The van der Waals surface area contributed by atoms with Crippen molar-refractivity contribution in [2.75, 3.05) is 13.7 Å². The molecule has 0 aromatic rings. The van der Waals surface area contributed by atoms with Gasteiger partial charge in [0.15, 0.2) is 0 Å². The van der Waals surface area contributed by atoms with E-state index in [0.717, 1.165) is 0 Å². The van der Waals surface area contributed by atoms with Crippen LogP contribution >= 0.6 is 0 Å². The first-order valence-corrected chi connectivity index (χ1v) is 2.41. The van der Waals surface area contributed by atoms with Gasteiger partial charge in [0.05, 0.1) is 7.11 Å². The first kappa shape index (κ1) is 5.94. The summed E-state index contributed by atoms with van der Waals surface area (Å²) in [6.45, 7) is 0.224. The molecule has 0 aromatic carbocycles. The average Bonchev–Trinajstić information content (AvgIpc) is 1.88. The third-order valence-corrected chi connectivity index (χ3v) is 0.836. The second-order valence-electron chi connectivity index (χ2n) is 1.39. The van der Waals surface area contributed by atoms with Crippen LogP contribution in [0.5, 0.6) is 0 Å². The summed E-state index contributed by atoms with van der Waals surface area (Å²) in [6.07, 6.45) is 0.816. The van der Waals surface area contributed by atoms with Gasteiger partial charge in [-0.2, -0.15) is 0 Å². The Balaban J connectivity index is 2.53. The Morgan fingerprint density at radius 2 is 2.56 bits per heavy atom. The van der Waals surface area contributed by atoms with Crippen LogP contribution in [0.3, 0.4) is 0 Å². The fraction of sp³-hybridized carbons (Fsp3) is 0.400. The summed E-state index contributed by atoms with van der Waals surface area (Å²) >= 11 is 0. The lowest BCUT2D eigenvalue weighted by atomic mass is 10.6. The summed E-state index contributed by atoms with van der Waals surface area (Å²) in [6, 6.07) is 0. The highest BCUT2D eigenvalue weighted by atomic mass is 16.8. The molecule has 0 saturated heterocycles. The fourth-order valence-corrected chi connectivity index (χ4v) is 0.456. The molecule has 1 heterocycles. The molecule has 4 heteroatoms. The van der Waals surface area contributed by atoms with Crippen molar-refractivity contribution in [2.24, 2.45) is 0 Å². The predicted octanol–water partition coefficient (Wildman–Crippen LogP) is 0.641. The zero-order chi connectivity index (χ0) is 6.69. The minimum absolute atomic E-state index is 0.200. The lowest BCUT2D eigenvalue weighted by molar-refractivity contribution is 0.0203. The Hall–Kier alpha value is -1.19. The molecule has 1 aliphatic rings. The maximum absolute atomic E-state index is 10.3. The highest BCUT2D eigenvalue weighted by molar-refractivity contribution is 5.62. The van der Waals surface area contributed by atoms with Crippen LogP contribution in [0.4, 0.5) is 4.79 Å². The van der Waals surface area contributed by atoms with Crippen LogP contribution in [0.15, 0.2) is 12.0 Å². The van der Waals surface area contributed by atoms with Crippen LogP contribution in [0.25, 0.3) is 0 Å². The summed E-state index contributed by atoms with van der Waals surface area (Å²) in [7, 11) is 1.42. The van der Waals surface area contributed by atoms with E-state index in [0.29, 0.717) is 0 Å². The summed E-state index contributed by atoms with van der Waals surface area (Å²) < 4.78 is 13.4. The first-order valence-electron chi connectivity index (χ1n) is 2.41. The lowest BCUT2D eigenvalue weighted by Gasteiger charge is -2.10. The van der Waals surface area contributed by atoms with E-state index in [2.05, 4.69) is 14.2 Å². The largest absolute Gasteiger partial charge is 0.516 e. The zero-order valence-corrected chi connectivity index (χ0v) is 4.92. The van der Waals surface area contributed by atoms with Gasteiger partial charge in [-0.1, -0.05) is 0 Å². The number of carbonyl (C=O) groups excluding carboxylic acids is 1. The van der Waals surface area contributed by atoms with Crippen LogP contribution < -0.4 is 0 Å². The molecule has 1 aliphatic heterocycles. The van der Waals surface area contributed by atoms with Crippen molar-refractivity contribution >= 4 is 6.16 Å². The maximum Gasteiger partial charge on any atom is 0.516 e. The first-order chi connectivity index (χ1) is 4.33. The van der Waals surface area contributed by atoms with Gasteiger partial charge in [-0.25, -0.2) is 4.79 Å². The van der Waals surface area contributed by atoms with Crippen molar-refractivity contribution in [3.8, 4) is 0 Å². The summed E-state index contributed by atoms with van der Waals surface area (Å²) in [4.78, 5) is 10.3. The van der Waals surface area contributed by atoms with Crippen molar-refractivity contribution in [1.82, 2.24) is 0 Å². The van der Waals surface area contributed by atoms with E-state index in [1.807, 2.05) is 0 Å². The van der Waals surface area contributed by atoms with E-state index in [9.17, 15) is 4.79 Å².